The molecule has 1 atom stereocenters. The number of ether oxygens (including phenoxy) is 1. The van der Waals surface area contributed by atoms with Gasteiger partial charge in [0.1, 0.15) is 5.75 Å². The van der Waals surface area contributed by atoms with Gasteiger partial charge in [0.25, 0.3) is 0 Å². The van der Waals surface area contributed by atoms with Gasteiger partial charge in [-0.15, -0.1) is 0 Å². The van der Waals surface area contributed by atoms with Crippen LogP contribution in [0.4, 0.5) is 0 Å². The normalized spacial score (nSPS) is 23.3. The maximum atomic E-state index is 13.0. The van der Waals surface area contributed by atoms with E-state index in [0.717, 1.165) is 51.1 Å². The van der Waals surface area contributed by atoms with Crippen molar-refractivity contribution in [2.45, 2.75) is 74.8 Å². The third kappa shape index (κ3) is 4.47. The Morgan fingerprint density at radius 1 is 0.833 bits per heavy atom. The summed E-state index contributed by atoms with van der Waals surface area (Å²) in [5, 5.41) is 2.45. The van der Waals surface area contributed by atoms with Crippen molar-refractivity contribution in [3.05, 3.63) is 36.4 Å². The highest BCUT2D eigenvalue weighted by atomic mass is 32.2. The summed E-state index contributed by atoms with van der Waals surface area (Å²) in [6.45, 7) is 2.87. The SMILES string of the molecule is O=C(C1CCCCN1Sc1ccc2cc(OC3CCCC3)ccc2c1)N1CCCC1. The van der Waals surface area contributed by atoms with E-state index < -0.39 is 0 Å². The molecular weight excluding hydrogens is 392 g/mol. The van der Waals surface area contributed by atoms with Crippen molar-refractivity contribution in [2.75, 3.05) is 19.6 Å². The number of benzene rings is 2. The largest absolute Gasteiger partial charge is 0.490 e. The van der Waals surface area contributed by atoms with Crippen molar-refractivity contribution < 1.29 is 9.53 Å². The predicted molar refractivity (Wildman–Crippen MR) is 123 cm³/mol. The molecule has 2 aromatic carbocycles. The molecule has 2 aromatic rings. The highest BCUT2D eigenvalue weighted by Crippen LogP contribution is 2.34. The van der Waals surface area contributed by atoms with Crippen LogP contribution in [0.2, 0.25) is 0 Å². The van der Waals surface area contributed by atoms with Crippen LogP contribution in [0, 0.1) is 0 Å². The second-order valence-corrected chi connectivity index (χ2v) is 10.1. The van der Waals surface area contributed by atoms with Gasteiger partial charge in [-0.05, 0) is 98.4 Å². The van der Waals surface area contributed by atoms with Gasteiger partial charge in [-0.25, -0.2) is 4.31 Å². The van der Waals surface area contributed by atoms with Gasteiger partial charge in [0.2, 0.25) is 5.91 Å². The predicted octanol–water partition coefficient (Wildman–Crippen LogP) is 5.65. The van der Waals surface area contributed by atoms with Crippen LogP contribution in [0.25, 0.3) is 10.8 Å². The molecule has 2 heterocycles. The quantitative estimate of drug-likeness (QED) is 0.581. The number of amides is 1. The Morgan fingerprint density at radius 3 is 2.37 bits per heavy atom. The lowest BCUT2D eigenvalue weighted by atomic mass is 10.0. The average Bonchev–Trinajstić information content (AvgIpc) is 3.48. The Labute approximate surface area is 184 Å². The molecule has 0 spiro atoms. The summed E-state index contributed by atoms with van der Waals surface area (Å²) in [5.74, 6) is 1.33. The Balaban J connectivity index is 1.29. The minimum absolute atomic E-state index is 0.0275. The summed E-state index contributed by atoms with van der Waals surface area (Å²) in [6, 6.07) is 13.1. The van der Waals surface area contributed by atoms with Crippen molar-refractivity contribution in [3.63, 3.8) is 0 Å². The number of hydrogen-bond donors (Lipinski definition) is 0. The summed E-state index contributed by atoms with van der Waals surface area (Å²) in [5.41, 5.74) is 0. The highest BCUT2D eigenvalue weighted by molar-refractivity contribution is 7.97. The van der Waals surface area contributed by atoms with Gasteiger partial charge >= 0.3 is 0 Å². The molecule has 0 radical (unpaired) electrons. The van der Waals surface area contributed by atoms with E-state index in [0.29, 0.717) is 12.0 Å². The van der Waals surface area contributed by atoms with Gasteiger partial charge in [0, 0.05) is 24.5 Å². The van der Waals surface area contributed by atoms with E-state index in [1.165, 1.54) is 47.8 Å². The van der Waals surface area contributed by atoms with E-state index in [-0.39, 0.29) is 6.04 Å². The fourth-order valence-corrected chi connectivity index (χ4v) is 6.20. The average molecular weight is 425 g/mol. The van der Waals surface area contributed by atoms with Gasteiger partial charge in [-0.3, -0.25) is 4.79 Å². The van der Waals surface area contributed by atoms with E-state index >= 15 is 0 Å². The van der Waals surface area contributed by atoms with Crippen LogP contribution in [0.5, 0.6) is 5.75 Å². The monoisotopic (exact) mass is 424 g/mol. The maximum Gasteiger partial charge on any atom is 0.240 e. The molecule has 0 aromatic heterocycles. The molecule has 0 bridgehead atoms. The van der Waals surface area contributed by atoms with E-state index in [1.54, 1.807) is 11.9 Å². The Kier molecular flexibility index (Phi) is 6.19. The number of rotatable bonds is 5. The first-order chi connectivity index (χ1) is 14.8. The van der Waals surface area contributed by atoms with Gasteiger partial charge in [0.15, 0.2) is 0 Å². The molecule has 2 saturated heterocycles. The summed E-state index contributed by atoms with van der Waals surface area (Å²) in [6.07, 6.45) is 11.0. The molecule has 2 aliphatic heterocycles. The molecule has 30 heavy (non-hydrogen) atoms. The number of carbonyl (C=O) groups excluding carboxylic acids is 1. The molecule has 1 saturated carbocycles. The van der Waals surface area contributed by atoms with Crippen molar-refractivity contribution in [1.82, 2.24) is 9.21 Å². The molecule has 0 N–H and O–H groups in total. The zero-order chi connectivity index (χ0) is 20.3. The van der Waals surface area contributed by atoms with Gasteiger partial charge in [0.05, 0.1) is 12.1 Å². The van der Waals surface area contributed by atoms with E-state index in [2.05, 4.69) is 45.6 Å². The first kappa shape index (κ1) is 20.2. The lowest BCUT2D eigenvalue weighted by molar-refractivity contribution is -0.134. The lowest BCUT2D eigenvalue weighted by Crippen LogP contribution is -2.47. The number of hydrogen-bond acceptors (Lipinski definition) is 4. The molecule has 4 nitrogen and oxygen atoms in total. The second kappa shape index (κ2) is 9.19. The topological polar surface area (TPSA) is 32.8 Å². The summed E-state index contributed by atoms with van der Waals surface area (Å²) < 4.78 is 8.50. The van der Waals surface area contributed by atoms with Crippen LogP contribution in [-0.2, 0) is 4.79 Å². The van der Waals surface area contributed by atoms with Gasteiger partial charge in [-0.2, -0.15) is 0 Å². The molecule has 3 fully saturated rings. The second-order valence-electron chi connectivity index (χ2n) is 8.97. The fourth-order valence-electron chi connectivity index (χ4n) is 5.08. The van der Waals surface area contributed by atoms with Crippen LogP contribution in [0.3, 0.4) is 0 Å². The zero-order valence-corrected chi connectivity index (χ0v) is 18.5. The molecule has 160 valence electrons. The summed E-state index contributed by atoms with van der Waals surface area (Å²) in [7, 11) is 0. The summed E-state index contributed by atoms with van der Waals surface area (Å²) in [4.78, 5) is 16.3. The van der Waals surface area contributed by atoms with Crippen molar-refractivity contribution in [1.29, 1.82) is 0 Å². The zero-order valence-electron chi connectivity index (χ0n) is 17.7. The third-order valence-electron chi connectivity index (χ3n) is 6.77. The van der Waals surface area contributed by atoms with Crippen LogP contribution < -0.4 is 4.74 Å². The number of likely N-dealkylation sites (tertiary alicyclic amines) is 1. The van der Waals surface area contributed by atoms with E-state index in [4.69, 9.17) is 4.74 Å². The van der Waals surface area contributed by atoms with Crippen molar-refractivity contribution >= 4 is 28.6 Å². The molecule has 1 amide bonds. The van der Waals surface area contributed by atoms with Gasteiger partial charge in [-0.1, -0.05) is 18.6 Å². The van der Waals surface area contributed by atoms with Crippen molar-refractivity contribution in [2.24, 2.45) is 0 Å². The lowest BCUT2D eigenvalue weighted by Gasteiger charge is -2.35. The molecule has 1 aliphatic carbocycles. The molecule has 5 heteroatoms. The minimum atomic E-state index is 0.0275. The first-order valence-electron chi connectivity index (χ1n) is 11.7. The molecular formula is C25H32N2O2S. The Hall–Kier alpha value is -1.72. The maximum absolute atomic E-state index is 13.0. The minimum Gasteiger partial charge on any atom is -0.490 e. The molecule has 3 aliphatic rings. The van der Waals surface area contributed by atoms with E-state index in [1.807, 2.05) is 0 Å². The molecule has 5 rings (SSSR count). The standard InChI is InChI=1S/C25H32N2O2S/c28-25(26-14-5-6-15-26)24-9-3-4-16-27(24)30-23-13-11-19-17-22(12-10-20(19)18-23)29-21-7-1-2-8-21/h10-13,17-18,21,24H,1-9,14-16H2. The fraction of sp³-hybridized carbons (Fsp3) is 0.560. The van der Waals surface area contributed by atoms with E-state index in [9.17, 15) is 4.79 Å². The smallest absolute Gasteiger partial charge is 0.240 e. The Morgan fingerprint density at radius 2 is 1.53 bits per heavy atom. The van der Waals surface area contributed by atoms with Crippen LogP contribution in [0.15, 0.2) is 41.3 Å². The number of carbonyl (C=O) groups is 1. The third-order valence-corrected chi connectivity index (χ3v) is 7.90. The first-order valence-corrected chi connectivity index (χ1v) is 12.5. The number of nitrogens with zero attached hydrogens (tertiary/aromatic N) is 2. The number of piperidine rings is 1. The summed E-state index contributed by atoms with van der Waals surface area (Å²) >= 11 is 1.76. The van der Waals surface area contributed by atoms with Crippen molar-refractivity contribution in [3.8, 4) is 5.75 Å². The van der Waals surface area contributed by atoms with Crippen LogP contribution in [0.1, 0.15) is 57.8 Å². The van der Waals surface area contributed by atoms with Crippen LogP contribution in [-0.4, -0.2) is 46.9 Å². The number of fused-ring (bicyclic) bond motifs is 1. The van der Waals surface area contributed by atoms with Gasteiger partial charge < -0.3 is 9.64 Å². The Bertz CT molecular complexity index is 890. The van der Waals surface area contributed by atoms with Crippen LogP contribution >= 0.6 is 11.9 Å². The highest BCUT2D eigenvalue weighted by Gasteiger charge is 2.33. The molecule has 1 unspecified atom stereocenters.